The lowest BCUT2D eigenvalue weighted by Crippen LogP contribution is -2.48. The summed E-state index contributed by atoms with van der Waals surface area (Å²) in [6.45, 7) is 6.92. The second kappa shape index (κ2) is 10.7. The highest BCUT2D eigenvalue weighted by molar-refractivity contribution is 7.92. The number of piperidine rings is 1. The highest BCUT2D eigenvalue weighted by Gasteiger charge is 2.48. The molecule has 2 heterocycles. The number of carbonyl (C=O) groups is 1. The van der Waals surface area contributed by atoms with Crippen molar-refractivity contribution >= 4 is 33.0 Å². The van der Waals surface area contributed by atoms with E-state index in [9.17, 15) is 26.4 Å². The lowest BCUT2D eigenvalue weighted by molar-refractivity contribution is -0.214. The lowest BCUT2D eigenvalue weighted by Gasteiger charge is -2.37. The summed E-state index contributed by atoms with van der Waals surface area (Å²) in [6.07, 6.45) is -7.30. The zero-order valence-electron chi connectivity index (χ0n) is 20.6. The summed E-state index contributed by atoms with van der Waals surface area (Å²) in [5, 5.41) is 0. The van der Waals surface area contributed by atoms with Crippen LogP contribution in [0.5, 0.6) is 5.88 Å². The first-order valence-corrected chi connectivity index (χ1v) is 13.3. The largest absolute Gasteiger partial charge is 0.462 e. The zero-order valence-corrected chi connectivity index (χ0v) is 21.4. The first-order valence-electron chi connectivity index (χ1n) is 11.7. The summed E-state index contributed by atoms with van der Waals surface area (Å²) in [7, 11) is -3.88. The number of para-hydroxylation sites is 2. The molecule has 1 aliphatic heterocycles. The standard InChI is InChI=1S/C23H31F3N4O5S/c1-5-14-36(32,33)29-19-20(28-17-9-7-6-8-16(17)27-19)34-18(23(24,25)26)15-10-12-30(13-11-15)21(31)35-22(2,3)4/h6-9,15,18H,5,10-14H2,1-4H3,(H,27,29). The van der Waals surface area contributed by atoms with Gasteiger partial charge in [-0.3, -0.25) is 4.72 Å². The fraction of sp³-hybridized carbons (Fsp3) is 0.609. The molecule has 1 saturated heterocycles. The number of benzene rings is 1. The number of anilines is 1. The van der Waals surface area contributed by atoms with E-state index in [4.69, 9.17) is 9.47 Å². The molecule has 1 N–H and O–H groups in total. The molecule has 0 radical (unpaired) electrons. The van der Waals surface area contributed by atoms with Crippen molar-refractivity contribution in [1.82, 2.24) is 14.9 Å². The third-order valence-electron chi connectivity index (χ3n) is 5.44. The number of aromatic nitrogens is 2. The number of ether oxygens (including phenoxy) is 2. The normalized spacial score (nSPS) is 16.6. The van der Waals surface area contributed by atoms with Gasteiger partial charge in [-0.15, -0.1) is 0 Å². The van der Waals surface area contributed by atoms with E-state index >= 15 is 0 Å². The van der Waals surface area contributed by atoms with Gasteiger partial charge in [-0.1, -0.05) is 19.1 Å². The van der Waals surface area contributed by atoms with Crippen LogP contribution in [0, 0.1) is 5.92 Å². The van der Waals surface area contributed by atoms with Crippen LogP contribution in [0.1, 0.15) is 47.0 Å². The van der Waals surface area contributed by atoms with Crippen LogP contribution in [0.3, 0.4) is 0 Å². The Morgan fingerprint density at radius 2 is 1.72 bits per heavy atom. The Morgan fingerprint density at radius 3 is 2.25 bits per heavy atom. The smallest absolute Gasteiger partial charge is 0.425 e. The summed E-state index contributed by atoms with van der Waals surface area (Å²) >= 11 is 0. The molecular formula is C23H31F3N4O5S. The maximum atomic E-state index is 14.2. The molecule has 1 unspecified atom stereocenters. The summed E-state index contributed by atoms with van der Waals surface area (Å²) in [5.41, 5.74) is -0.165. The minimum Gasteiger partial charge on any atom is -0.462 e. The predicted molar refractivity (Wildman–Crippen MR) is 128 cm³/mol. The maximum Gasteiger partial charge on any atom is 0.425 e. The van der Waals surface area contributed by atoms with Gasteiger partial charge in [0, 0.05) is 19.0 Å². The third kappa shape index (κ3) is 7.34. The van der Waals surface area contributed by atoms with Gasteiger partial charge in [-0.2, -0.15) is 13.2 Å². The van der Waals surface area contributed by atoms with Crippen LogP contribution in [0.25, 0.3) is 11.0 Å². The van der Waals surface area contributed by atoms with E-state index in [-0.39, 0.29) is 37.2 Å². The van der Waals surface area contributed by atoms with Crippen molar-refractivity contribution in [2.24, 2.45) is 5.92 Å². The molecule has 0 bridgehead atoms. The number of nitrogens with zero attached hydrogens (tertiary/aromatic N) is 3. The molecule has 0 saturated carbocycles. The second-order valence-electron chi connectivity index (χ2n) is 9.67. The Balaban J connectivity index is 1.87. The number of carbonyl (C=O) groups excluding carboxylic acids is 1. The highest BCUT2D eigenvalue weighted by Crippen LogP contribution is 2.37. The van der Waals surface area contributed by atoms with E-state index < -0.39 is 51.6 Å². The first kappa shape index (κ1) is 27.8. The van der Waals surface area contributed by atoms with Gasteiger partial charge in [0.15, 0.2) is 6.10 Å². The summed E-state index contributed by atoms with van der Waals surface area (Å²) in [5.74, 6) is -2.18. The third-order valence-corrected chi connectivity index (χ3v) is 6.89. The van der Waals surface area contributed by atoms with Gasteiger partial charge < -0.3 is 14.4 Å². The number of hydrogen-bond donors (Lipinski definition) is 1. The Kier molecular flexibility index (Phi) is 8.21. The van der Waals surface area contributed by atoms with Crippen molar-refractivity contribution in [3.05, 3.63) is 24.3 Å². The van der Waals surface area contributed by atoms with Crippen LogP contribution in [0.4, 0.5) is 23.8 Å². The van der Waals surface area contributed by atoms with Crippen molar-refractivity contribution in [3.63, 3.8) is 0 Å². The number of nitrogens with one attached hydrogen (secondary N) is 1. The Labute approximate surface area is 208 Å². The monoisotopic (exact) mass is 532 g/mol. The number of sulfonamides is 1. The van der Waals surface area contributed by atoms with Crippen molar-refractivity contribution in [3.8, 4) is 5.88 Å². The number of amides is 1. The van der Waals surface area contributed by atoms with Crippen LogP contribution in [-0.4, -0.2) is 66.1 Å². The Bertz CT molecular complexity index is 1180. The van der Waals surface area contributed by atoms with E-state index in [0.717, 1.165) is 0 Å². The zero-order chi connectivity index (χ0) is 26.7. The van der Waals surface area contributed by atoms with Crippen molar-refractivity contribution in [2.75, 3.05) is 23.6 Å². The number of rotatable bonds is 7. The fourth-order valence-electron chi connectivity index (χ4n) is 3.86. The first-order chi connectivity index (χ1) is 16.7. The van der Waals surface area contributed by atoms with Gasteiger partial charge in [0.25, 0.3) is 5.88 Å². The van der Waals surface area contributed by atoms with Gasteiger partial charge >= 0.3 is 12.3 Å². The quantitative estimate of drug-likeness (QED) is 0.548. The molecule has 1 aromatic carbocycles. The molecule has 3 rings (SSSR count). The molecule has 1 fully saturated rings. The van der Waals surface area contributed by atoms with E-state index in [1.54, 1.807) is 52.0 Å². The van der Waals surface area contributed by atoms with Crippen LogP contribution in [0.15, 0.2) is 24.3 Å². The Hall–Kier alpha value is -2.83. The van der Waals surface area contributed by atoms with Gasteiger partial charge in [-0.05, 0) is 52.2 Å². The number of halogens is 3. The molecule has 1 atom stereocenters. The average molecular weight is 533 g/mol. The molecule has 13 heteroatoms. The van der Waals surface area contributed by atoms with Crippen LogP contribution in [0.2, 0.25) is 0 Å². The topological polar surface area (TPSA) is 111 Å². The molecule has 9 nitrogen and oxygen atoms in total. The van der Waals surface area contributed by atoms with Gasteiger partial charge in [-0.25, -0.2) is 23.2 Å². The summed E-state index contributed by atoms with van der Waals surface area (Å²) < 4.78 is 80.1. The fourth-order valence-corrected chi connectivity index (χ4v) is 4.93. The molecule has 36 heavy (non-hydrogen) atoms. The van der Waals surface area contributed by atoms with E-state index in [1.165, 1.54) is 4.90 Å². The van der Waals surface area contributed by atoms with Crippen LogP contribution >= 0.6 is 0 Å². The van der Waals surface area contributed by atoms with Gasteiger partial charge in [0.1, 0.15) is 5.60 Å². The molecule has 200 valence electrons. The minimum absolute atomic E-state index is 0.0152. The SMILES string of the molecule is CCCS(=O)(=O)Nc1nc2ccccc2nc1OC(C1CCN(C(=O)OC(C)(C)C)CC1)C(F)(F)F. The van der Waals surface area contributed by atoms with Gasteiger partial charge in [0.2, 0.25) is 15.8 Å². The van der Waals surface area contributed by atoms with Crippen LogP contribution < -0.4 is 9.46 Å². The second-order valence-corrected chi connectivity index (χ2v) is 11.5. The number of alkyl halides is 3. The van der Waals surface area contributed by atoms with E-state index in [2.05, 4.69) is 14.7 Å². The highest BCUT2D eigenvalue weighted by atomic mass is 32.2. The molecule has 0 spiro atoms. The molecule has 0 aliphatic carbocycles. The molecule has 1 amide bonds. The number of fused-ring (bicyclic) bond motifs is 1. The number of hydrogen-bond acceptors (Lipinski definition) is 7. The summed E-state index contributed by atoms with van der Waals surface area (Å²) in [6, 6.07) is 6.40. The van der Waals surface area contributed by atoms with Crippen molar-refractivity contribution in [2.45, 2.75) is 64.8 Å². The van der Waals surface area contributed by atoms with E-state index in [1.807, 2.05) is 0 Å². The Morgan fingerprint density at radius 1 is 1.14 bits per heavy atom. The van der Waals surface area contributed by atoms with Crippen molar-refractivity contribution in [1.29, 1.82) is 0 Å². The van der Waals surface area contributed by atoms with Gasteiger partial charge in [0.05, 0.1) is 16.8 Å². The summed E-state index contributed by atoms with van der Waals surface area (Å²) in [4.78, 5) is 22.0. The van der Waals surface area contributed by atoms with Crippen molar-refractivity contribution < 1.29 is 35.9 Å². The average Bonchev–Trinajstić information content (AvgIpc) is 2.75. The van der Waals surface area contributed by atoms with E-state index in [0.29, 0.717) is 11.9 Å². The number of likely N-dealkylation sites (tertiary alicyclic amines) is 1. The lowest BCUT2D eigenvalue weighted by atomic mass is 9.91. The predicted octanol–water partition coefficient (Wildman–Crippen LogP) is 4.74. The molecular weight excluding hydrogens is 501 g/mol. The minimum atomic E-state index is -4.77. The van der Waals surface area contributed by atoms with Crippen LogP contribution in [-0.2, 0) is 14.8 Å². The molecule has 1 aliphatic rings. The maximum absolute atomic E-state index is 14.2. The molecule has 1 aromatic heterocycles. The molecule has 2 aromatic rings.